The third-order valence-electron chi connectivity index (χ3n) is 3.03. The molecule has 3 amide bonds. The lowest BCUT2D eigenvalue weighted by Crippen LogP contribution is -2.37. The highest BCUT2D eigenvalue weighted by molar-refractivity contribution is 5.97. The molecule has 1 aromatic rings. The fraction of sp³-hybridized carbons (Fsp3) is 0.267. The highest BCUT2D eigenvalue weighted by atomic mass is 16.5. The molecule has 1 saturated heterocycles. The second-order valence-corrected chi connectivity index (χ2v) is 4.46. The highest BCUT2D eigenvalue weighted by Gasteiger charge is 2.26. The Kier molecular flexibility index (Phi) is 5.13. The lowest BCUT2D eigenvalue weighted by atomic mass is 10.2. The van der Waals surface area contributed by atoms with Crippen molar-refractivity contribution < 1.29 is 23.9 Å². The first-order chi connectivity index (χ1) is 10.6. The lowest BCUT2D eigenvalue weighted by molar-refractivity contribution is -0.146. The van der Waals surface area contributed by atoms with E-state index in [2.05, 4.69) is 5.32 Å². The molecule has 116 valence electrons. The maximum atomic E-state index is 11.7. The minimum absolute atomic E-state index is 0.284. The van der Waals surface area contributed by atoms with Gasteiger partial charge in [-0.1, -0.05) is 18.2 Å². The summed E-state index contributed by atoms with van der Waals surface area (Å²) in [5.74, 6) is -0.593. The number of carbonyl (C=O) groups excluding carboxylic acids is 3. The molecule has 1 aliphatic rings. The molecule has 7 heteroatoms. The number of urea groups is 1. The number of nitrogens with zero attached hydrogens (tertiary/aromatic N) is 1. The maximum Gasteiger partial charge on any atom is 0.331 e. The molecule has 1 heterocycles. The number of rotatable bonds is 5. The van der Waals surface area contributed by atoms with E-state index in [9.17, 15) is 14.4 Å². The Labute approximate surface area is 127 Å². The van der Waals surface area contributed by atoms with Gasteiger partial charge in [-0.25, -0.2) is 9.59 Å². The summed E-state index contributed by atoms with van der Waals surface area (Å²) in [6.07, 6.45) is 2.74. The zero-order valence-corrected chi connectivity index (χ0v) is 12.1. The van der Waals surface area contributed by atoms with Gasteiger partial charge in [0.05, 0.1) is 7.11 Å². The SMILES string of the molecule is COc1ccccc1/C=C/C(=O)OCC(=O)N1CCNC1=O. The molecule has 22 heavy (non-hydrogen) atoms. The van der Waals surface area contributed by atoms with Crippen LogP contribution in [0.1, 0.15) is 5.56 Å². The van der Waals surface area contributed by atoms with Gasteiger partial charge in [-0.05, 0) is 12.1 Å². The van der Waals surface area contributed by atoms with Crippen LogP contribution in [-0.2, 0) is 14.3 Å². The number of hydrogen-bond donors (Lipinski definition) is 1. The third-order valence-corrected chi connectivity index (χ3v) is 3.03. The number of nitrogens with one attached hydrogen (secondary N) is 1. The number of amides is 3. The Morgan fingerprint density at radius 3 is 2.82 bits per heavy atom. The summed E-state index contributed by atoms with van der Waals surface area (Å²) in [6.45, 7) is 0.223. The molecule has 0 atom stereocenters. The van der Waals surface area contributed by atoms with Gasteiger partial charge >= 0.3 is 12.0 Å². The molecule has 1 aliphatic heterocycles. The van der Waals surface area contributed by atoms with E-state index >= 15 is 0 Å². The van der Waals surface area contributed by atoms with Crippen molar-refractivity contribution in [2.45, 2.75) is 0 Å². The minimum atomic E-state index is -0.668. The van der Waals surface area contributed by atoms with Crippen LogP contribution in [-0.4, -0.2) is 49.6 Å². The van der Waals surface area contributed by atoms with Crippen LogP contribution in [0, 0.1) is 0 Å². The largest absolute Gasteiger partial charge is 0.496 e. The van der Waals surface area contributed by atoms with Crippen molar-refractivity contribution in [3.63, 3.8) is 0 Å². The van der Waals surface area contributed by atoms with Gasteiger partial charge in [-0.3, -0.25) is 9.69 Å². The van der Waals surface area contributed by atoms with Gasteiger partial charge in [0.15, 0.2) is 6.61 Å². The second-order valence-electron chi connectivity index (χ2n) is 4.46. The fourth-order valence-electron chi connectivity index (χ4n) is 1.93. The molecule has 0 radical (unpaired) electrons. The van der Waals surface area contributed by atoms with Gasteiger partial charge < -0.3 is 14.8 Å². The van der Waals surface area contributed by atoms with Crippen molar-refractivity contribution in [3.8, 4) is 5.75 Å². The van der Waals surface area contributed by atoms with Gasteiger partial charge in [0.1, 0.15) is 5.75 Å². The summed E-state index contributed by atoms with van der Waals surface area (Å²) in [6, 6.07) is 6.70. The van der Waals surface area contributed by atoms with E-state index in [0.29, 0.717) is 17.9 Å². The number of carbonyl (C=O) groups is 3. The molecule has 0 unspecified atom stereocenters. The van der Waals surface area contributed by atoms with Crippen LogP contribution in [0.4, 0.5) is 4.79 Å². The Morgan fingerprint density at radius 1 is 1.36 bits per heavy atom. The number of hydrogen-bond acceptors (Lipinski definition) is 5. The number of methoxy groups -OCH3 is 1. The fourth-order valence-corrected chi connectivity index (χ4v) is 1.93. The Balaban J connectivity index is 1.86. The molecule has 1 aromatic carbocycles. The Morgan fingerprint density at radius 2 is 2.14 bits per heavy atom. The molecular weight excluding hydrogens is 288 g/mol. The summed E-state index contributed by atoms with van der Waals surface area (Å²) in [4.78, 5) is 35.6. The maximum absolute atomic E-state index is 11.7. The number of para-hydroxylation sites is 1. The molecule has 2 rings (SSSR count). The minimum Gasteiger partial charge on any atom is -0.496 e. The molecule has 7 nitrogen and oxygen atoms in total. The van der Waals surface area contributed by atoms with E-state index < -0.39 is 24.5 Å². The summed E-state index contributed by atoms with van der Waals surface area (Å²) in [5.41, 5.74) is 0.715. The first kappa shape index (κ1) is 15.6. The van der Waals surface area contributed by atoms with Crippen molar-refractivity contribution >= 4 is 24.0 Å². The third kappa shape index (κ3) is 3.85. The van der Waals surface area contributed by atoms with E-state index in [1.54, 1.807) is 12.1 Å². The number of ether oxygens (including phenoxy) is 2. The monoisotopic (exact) mass is 304 g/mol. The van der Waals surface area contributed by atoms with Crippen LogP contribution in [0.15, 0.2) is 30.3 Å². The average Bonchev–Trinajstić information content (AvgIpc) is 2.97. The van der Waals surface area contributed by atoms with Gasteiger partial charge in [0.2, 0.25) is 0 Å². The van der Waals surface area contributed by atoms with Crippen molar-refractivity contribution in [3.05, 3.63) is 35.9 Å². The highest BCUT2D eigenvalue weighted by Crippen LogP contribution is 2.18. The zero-order chi connectivity index (χ0) is 15.9. The van der Waals surface area contributed by atoms with Gasteiger partial charge in [-0.2, -0.15) is 0 Å². The molecular formula is C15H16N2O5. The summed E-state index contributed by atoms with van der Waals surface area (Å²) < 4.78 is 9.97. The molecule has 0 bridgehead atoms. The van der Waals surface area contributed by atoms with Crippen molar-refractivity contribution in [1.82, 2.24) is 10.2 Å². The lowest BCUT2D eigenvalue weighted by Gasteiger charge is -2.11. The van der Waals surface area contributed by atoms with E-state index in [1.165, 1.54) is 19.3 Å². The average molecular weight is 304 g/mol. The Bertz CT molecular complexity index is 612. The van der Waals surface area contributed by atoms with Crippen LogP contribution in [0.5, 0.6) is 5.75 Å². The molecule has 0 aromatic heterocycles. The smallest absolute Gasteiger partial charge is 0.331 e. The molecule has 0 aliphatic carbocycles. The van der Waals surface area contributed by atoms with E-state index in [1.807, 2.05) is 12.1 Å². The van der Waals surface area contributed by atoms with E-state index in [0.717, 1.165) is 4.90 Å². The predicted octanol–water partition coefficient (Wildman–Crippen LogP) is 0.803. The number of imide groups is 1. The van der Waals surface area contributed by atoms with Crippen LogP contribution >= 0.6 is 0 Å². The van der Waals surface area contributed by atoms with Crippen LogP contribution in [0.25, 0.3) is 6.08 Å². The van der Waals surface area contributed by atoms with E-state index in [-0.39, 0.29) is 6.54 Å². The normalized spacial score (nSPS) is 14.0. The van der Waals surface area contributed by atoms with Crippen LogP contribution in [0.3, 0.4) is 0 Å². The van der Waals surface area contributed by atoms with Crippen molar-refractivity contribution in [1.29, 1.82) is 0 Å². The standard InChI is InChI=1S/C15H16N2O5/c1-21-12-5-3-2-4-11(12)6-7-14(19)22-10-13(18)17-9-8-16-15(17)20/h2-7H,8-10H2,1H3,(H,16,20)/b7-6+. The summed E-state index contributed by atoms with van der Waals surface area (Å²) in [7, 11) is 1.53. The van der Waals surface area contributed by atoms with Crippen LogP contribution in [0.2, 0.25) is 0 Å². The van der Waals surface area contributed by atoms with E-state index in [4.69, 9.17) is 9.47 Å². The van der Waals surface area contributed by atoms with Crippen molar-refractivity contribution in [2.75, 3.05) is 26.8 Å². The Hall–Kier alpha value is -2.83. The molecule has 0 spiro atoms. The zero-order valence-electron chi connectivity index (χ0n) is 12.1. The molecule has 0 saturated carbocycles. The predicted molar refractivity (Wildman–Crippen MR) is 78.1 cm³/mol. The molecule has 1 N–H and O–H groups in total. The number of benzene rings is 1. The van der Waals surface area contributed by atoms with Crippen LogP contribution < -0.4 is 10.1 Å². The van der Waals surface area contributed by atoms with Gasteiger partial charge in [0.25, 0.3) is 5.91 Å². The quantitative estimate of drug-likeness (QED) is 0.642. The van der Waals surface area contributed by atoms with Crippen molar-refractivity contribution in [2.24, 2.45) is 0 Å². The van der Waals surface area contributed by atoms with Gasteiger partial charge in [-0.15, -0.1) is 0 Å². The summed E-state index contributed by atoms with van der Waals surface area (Å²) in [5, 5.41) is 2.50. The summed E-state index contributed by atoms with van der Waals surface area (Å²) >= 11 is 0. The molecule has 1 fully saturated rings. The first-order valence-corrected chi connectivity index (χ1v) is 6.68. The van der Waals surface area contributed by atoms with Gasteiger partial charge in [0, 0.05) is 24.7 Å². The number of esters is 1. The first-order valence-electron chi connectivity index (χ1n) is 6.68. The second kappa shape index (κ2) is 7.26. The topological polar surface area (TPSA) is 84.9 Å².